The fraction of sp³-hybridized carbons (Fsp3) is 0.642. The highest BCUT2D eigenvalue weighted by atomic mass is 79.9. The first-order valence-electron chi connectivity index (χ1n) is 25.6. The molecule has 0 amide bonds. The highest BCUT2D eigenvalue weighted by molar-refractivity contribution is 9.12. The van der Waals surface area contributed by atoms with Crippen molar-refractivity contribution in [3.8, 4) is 11.0 Å². The molecule has 3 aromatic heterocycles. The van der Waals surface area contributed by atoms with Gasteiger partial charge in [-0.15, -0.1) is 0 Å². The first-order valence-corrected chi connectivity index (χ1v) is 39.7. The van der Waals surface area contributed by atoms with E-state index in [1.165, 1.54) is 68.4 Å². The number of carbonyl (C=O) groups is 1. The number of nitriles is 2. The topological polar surface area (TPSA) is 195 Å². The number of halogens is 2. The van der Waals surface area contributed by atoms with Crippen molar-refractivity contribution in [2.75, 3.05) is 31.8 Å². The van der Waals surface area contributed by atoms with Crippen molar-refractivity contribution in [1.82, 2.24) is 29.1 Å². The van der Waals surface area contributed by atoms with E-state index in [1.54, 1.807) is 52.9 Å². The zero-order valence-corrected chi connectivity index (χ0v) is 52.8. The number of H-pyrrole nitrogens is 1. The van der Waals surface area contributed by atoms with Crippen LogP contribution in [0.5, 0.6) is 0 Å². The van der Waals surface area contributed by atoms with Crippen molar-refractivity contribution >= 4 is 67.9 Å². The molecule has 21 heteroatoms. The highest BCUT2D eigenvalue weighted by Crippen LogP contribution is 2.38. The van der Waals surface area contributed by atoms with Gasteiger partial charge < -0.3 is 28.6 Å². The van der Waals surface area contributed by atoms with Crippen LogP contribution in [0.3, 0.4) is 0 Å². The van der Waals surface area contributed by atoms with Crippen LogP contribution in [0.4, 0.5) is 0 Å². The fourth-order valence-electron chi connectivity index (χ4n) is 4.77. The number of hydrogen-bond acceptors (Lipinski definition) is 11. The number of aldehydes is 1. The Morgan fingerprint density at radius 3 is 1.66 bits per heavy atom. The molecule has 0 radical (unpaired) electrons. The van der Waals surface area contributed by atoms with Crippen LogP contribution < -0.4 is 0 Å². The van der Waals surface area contributed by atoms with E-state index < -0.39 is 39.9 Å². The summed E-state index contributed by atoms with van der Waals surface area (Å²) in [5.41, 5.74) is 2.31. The number of nitrogens with one attached hydrogen (secondary N) is 1. The van der Waals surface area contributed by atoms with E-state index in [4.69, 9.17) is 42.9 Å². The summed E-state index contributed by atoms with van der Waals surface area (Å²) < 4.78 is 42.3. The molecule has 15 nitrogen and oxygen atoms in total. The third-order valence-corrected chi connectivity index (χ3v) is 17.3. The first kappa shape index (κ1) is 70.2. The van der Waals surface area contributed by atoms with Gasteiger partial charge in [-0.05, 0) is 74.7 Å². The zero-order valence-electron chi connectivity index (χ0n) is 46.7. The number of ether oxygens (including phenoxy) is 3. The Hall–Kier alpha value is -3.76. The number of sulfone groups is 1. The first-order chi connectivity index (χ1) is 34.8. The number of nitrogens with zero attached hydrogens (tertiary/aromatic N) is 8. The molecule has 4 aliphatic carbocycles. The van der Waals surface area contributed by atoms with Crippen molar-refractivity contribution in [3.05, 3.63) is 96.4 Å². The van der Waals surface area contributed by atoms with Crippen LogP contribution in [-0.4, -0.2) is 99.8 Å². The van der Waals surface area contributed by atoms with Gasteiger partial charge in [0.2, 0.25) is 5.82 Å². The molecular formula is C53H89BrClN9O6SSi3. The van der Waals surface area contributed by atoms with Crippen molar-refractivity contribution in [2.24, 2.45) is 17.8 Å². The Kier molecular flexibility index (Phi) is 37.6. The summed E-state index contributed by atoms with van der Waals surface area (Å²) in [6.07, 6.45) is 24.4. The van der Waals surface area contributed by atoms with Crippen LogP contribution in [0, 0.1) is 52.8 Å². The van der Waals surface area contributed by atoms with Gasteiger partial charge in [0.05, 0.1) is 17.6 Å². The summed E-state index contributed by atoms with van der Waals surface area (Å²) in [5, 5.41) is 15.9. The molecule has 0 bridgehead atoms. The van der Waals surface area contributed by atoms with Crippen molar-refractivity contribution < 1.29 is 27.4 Å². The molecule has 0 unspecified atom stereocenters. The van der Waals surface area contributed by atoms with Gasteiger partial charge in [-0.25, -0.2) is 29.9 Å². The fourth-order valence-corrected chi connectivity index (χ4v) is 8.02. The van der Waals surface area contributed by atoms with Gasteiger partial charge in [-0.3, -0.25) is 9.41 Å². The van der Waals surface area contributed by atoms with Crippen molar-refractivity contribution in [2.45, 2.75) is 173 Å². The Balaban J connectivity index is 0.000000843. The van der Waals surface area contributed by atoms with Crippen LogP contribution in [0.25, 0.3) is 4.85 Å². The number of rotatable bonds is 18. The van der Waals surface area contributed by atoms with Gasteiger partial charge in [-0.2, -0.15) is 10.5 Å². The number of aromatic nitrogens is 6. The number of benzene rings is 1. The number of alkyl halides is 1. The molecule has 4 fully saturated rings. The number of hydrogen-bond donors (Lipinski definition) is 1. The minimum atomic E-state index is -3.38. The Bertz CT molecular complexity index is 2240. The third kappa shape index (κ3) is 45.6. The van der Waals surface area contributed by atoms with E-state index in [0.717, 1.165) is 68.3 Å². The smallest absolute Gasteiger partial charge is 0.316 e. The summed E-state index contributed by atoms with van der Waals surface area (Å²) in [6.45, 7) is 37.4. The maximum Gasteiger partial charge on any atom is 0.316 e. The molecule has 414 valence electrons. The minimum Gasteiger partial charge on any atom is -0.366 e. The van der Waals surface area contributed by atoms with E-state index in [2.05, 4.69) is 113 Å². The van der Waals surface area contributed by atoms with Crippen LogP contribution in [0.2, 0.25) is 77.1 Å². The molecule has 4 aromatic rings. The number of carbonyl (C=O) groups excluding carboxylic acids is 1. The van der Waals surface area contributed by atoms with Gasteiger partial charge >= 0.3 is 5.88 Å². The Labute approximate surface area is 462 Å². The molecule has 3 heterocycles. The summed E-state index contributed by atoms with van der Waals surface area (Å²) >= 11 is 7.77. The second-order valence-corrected chi connectivity index (χ2v) is 41.7. The maximum atomic E-state index is 11.3. The van der Waals surface area contributed by atoms with Gasteiger partial charge in [0.25, 0.3) is 9.84 Å². The molecule has 4 aliphatic rings. The summed E-state index contributed by atoms with van der Waals surface area (Å²) in [5.74, 6) is 3.37. The normalized spacial score (nSPS) is 14.3. The second-order valence-electron chi connectivity index (χ2n) is 22.4. The van der Waals surface area contributed by atoms with Gasteiger partial charge in [-0.1, -0.05) is 128 Å². The van der Waals surface area contributed by atoms with E-state index in [1.807, 2.05) is 30.0 Å². The molecular weight excluding hydrogens is 1090 g/mol. The summed E-state index contributed by atoms with van der Waals surface area (Å²) in [4.78, 5) is 29.1. The SMILES string of the molecule is CC1CC1.CC1CC1.C[Si](C)(C)CCOCCl.C[Si](C)(C)CCOCn1ccnc1.C[Si](C)(C)CCOCn1ccnc1C#N.N#CBr.O=CC1CC1.[C-]#[N+]CS(=O)(=O)c1ccc(C)cc1.c1ncc(C2CC2)[nH]1. The number of aryl methyl sites for hydroxylation is 1. The lowest BCUT2D eigenvalue weighted by molar-refractivity contribution is -0.108. The summed E-state index contributed by atoms with van der Waals surface area (Å²) in [6, 6.07) is 12.4. The quantitative estimate of drug-likeness (QED) is 0.0327. The van der Waals surface area contributed by atoms with Crippen molar-refractivity contribution in [1.29, 1.82) is 10.5 Å². The lowest BCUT2D eigenvalue weighted by Gasteiger charge is -2.15. The van der Waals surface area contributed by atoms with Crippen LogP contribution in [-0.2, 0) is 42.3 Å². The highest BCUT2D eigenvalue weighted by Gasteiger charge is 2.24. The zero-order chi connectivity index (χ0) is 56.1. The second kappa shape index (κ2) is 39.6. The van der Waals surface area contributed by atoms with Gasteiger partial charge in [0.1, 0.15) is 36.9 Å². The van der Waals surface area contributed by atoms with Gasteiger partial charge in [0, 0.05) is 108 Å². The largest absolute Gasteiger partial charge is 0.366 e. The van der Waals surface area contributed by atoms with Crippen LogP contribution in [0.1, 0.15) is 88.2 Å². The van der Waals surface area contributed by atoms with Gasteiger partial charge in [0.15, 0.2) is 0 Å². The van der Waals surface area contributed by atoms with Crippen molar-refractivity contribution in [3.63, 3.8) is 0 Å². The molecule has 1 N–H and O–H groups in total. The average Bonchev–Trinajstić information content (AvgIpc) is 4.27. The molecule has 74 heavy (non-hydrogen) atoms. The molecule has 0 saturated heterocycles. The molecule has 4 saturated carbocycles. The molecule has 1 aromatic carbocycles. The Morgan fingerprint density at radius 2 is 1.31 bits per heavy atom. The van der Waals surface area contributed by atoms with Crippen LogP contribution in [0.15, 0.2) is 72.8 Å². The predicted octanol–water partition coefficient (Wildman–Crippen LogP) is 14.0. The number of aromatic amines is 1. The van der Waals surface area contributed by atoms with E-state index in [0.29, 0.717) is 31.3 Å². The lowest BCUT2D eigenvalue weighted by atomic mass is 10.2. The Morgan fingerprint density at radius 1 is 0.811 bits per heavy atom. The van der Waals surface area contributed by atoms with E-state index >= 15 is 0 Å². The predicted molar refractivity (Wildman–Crippen MR) is 313 cm³/mol. The summed E-state index contributed by atoms with van der Waals surface area (Å²) in [7, 11) is -6.20. The average molecular weight is 1180 g/mol. The molecule has 0 atom stereocenters. The molecule has 0 aliphatic heterocycles. The third-order valence-electron chi connectivity index (χ3n) is 10.6. The van der Waals surface area contributed by atoms with Crippen LogP contribution >= 0.6 is 27.5 Å². The van der Waals surface area contributed by atoms with E-state index in [9.17, 15) is 13.2 Å². The maximum absolute atomic E-state index is 11.3. The molecule has 8 rings (SSSR count). The van der Waals surface area contributed by atoms with E-state index in [-0.39, 0.29) is 4.90 Å². The lowest BCUT2D eigenvalue weighted by Crippen LogP contribution is -2.22. The monoisotopic (exact) mass is 1180 g/mol. The standard InChI is InChI=1S/C10H17N3OSi.C9H18N2OSi.C9H9NO2S.C6H15ClOSi.C6H8N2.C4H6O.2C4H8.CBrN/c1-15(2,3)7-6-14-9-13-5-4-12-10(13)8-11;1-13(2,3)7-6-12-9-11-5-4-10-8-11;1-8-3-5-9(6-4-8)13(11,12)7-10-2;1-9(2,3)5-4-8-6-7;1-2-5(1)6-3-7-4-8-6;5-3-4-1-2-4;2*1-4-2-3-4;2-1-3/h4-5H,6-7,9H2,1-3H3;4-5,8H,6-7,9H2,1-3H3;3-6H,7H2,1H3;4-6H2,1-3H3;3-5H,1-2H2,(H,7,8);3-4H,1-2H2;2*4H,2-3H2,1H3;. The minimum absolute atomic E-state index is 0.217. The molecule has 0 spiro atoms. The number of imidazole rings is 3.